The maximum absolute atomic E-state index is 2.57. The molecular formula is C11H26LiN. The molecule has 0 N–H and O–H groups in total. The average molecular weight is 179 g/mol. The van der Waals surface area contributed by atoms with E-state index < -0.39 is 0 Å². The third-order valence-electron chi connectivity index (χ3n) is 2.35. The third-order valence-corrected chi connectivity index (χ3v) is 2.35. The SMILES string of the molecule is CCCCCN(C(C)C)C(C)C.[H-].[Li+]. The van der Waals surface area contributed by atoms with Crippen molar-refractivity contribution in [2.75, 3.05) is 6.54 Å². The molecule has 0 aliphatic carbocycles. The molecule has 13 heavy (non-hydrogen) atoms. The number of rotatable bonds is 6. The smallest absolute Gasteiger partial charge is 1.00 e. The van der Waals surface area contributed by atoms with Gasteiger partial charge in [0, 0.05) is 12.1 Å². The van der Waals surface area contributed by atoms with Crippen molar-refractivity contribution in [1.82, 2.24) is 4.90 Å². The van der Waals surface area contributed by atoms with Crippen molar-refractivity contribution in [3.63, 3.8) is 0 Å². The minimum absolute atomic E-state index is 0. The Morgan fingerprint density at radius 2 is 1.46 bits per heavy atom. The second-order valence-corrected chi connectivity index (χ2v) is 4.13. The second kappa shape index (κ2) is 9.13. The fraction of sp³-hybridized carbons (Fsp3) is 1.00. The first-order valence-electron chi connectivity index (χ1n) is 5.35. The molecule has 0 rings (SSSR count). The second-order valence-electron chi connectivity index (χ2n) is 4.13. The molecule has 2 heteroatoms. The van der Waals surface area contributed by atoms with Gasteiger partial charge < -0.3 is 1.43 Å². The Morgan fingerprint density at radius 1 is 1.00 bits per heavy atom. The Balaban J connectivity index is -0.000000605. The van der Waals surface area contributed by atoms with Gasteiger partial charge in [-0.2, -0.15) is 0 Å². The van der Waals surface area contributed by atoms with Crippen LogP contribution in [-0.2, 0) is 0 Å². The normalized spacial score (nSPS) is 11.1. The van der Waals surface area contributed by atoms with Gasteiger partial charge in [-0.15, -0.1) is 0 Å². The third kappa shape index (κ3) is 7.61. The Bertz CT molecular complexity index is 99.5. The van der Waals surface area contributed by atoms with Crippen LogP contribution in [0.25, 0.3) is 0 Å². The standard InChI is InChI=1S/C11H25N.Li.H/c1-6-7-8-9-12(10(2)3)11(4)5;;/h10-11H,6-9H2,1-5H3;;/q;+1;-1. The average Bonchev–Trinajstić information content (AvgIpc) is 1.96. The summed E-state index contributed by atoms with van der Waals surface area (Å²) in [5.74, 6) is 0. The zero-order valence-corrected chi connectivity index (χ0v) is 10.4. The van der Waals surface area contributed by atoms with E-state index >= 15 is 0 Å². The van der Waals surface area contributed by atoms with Crippen LogP contribution < -0.4 is 18.9 Å². The predicted molar refractivity (Wildman–Crippen MR) is 57.6 cm³/mol. The Hall–Kier alpha value is 0.557. The molecule has 0 bridgehead atoms. The molecule has 0 saturated heterocycles. The van der Waals surface area contributed by atoms with Crippen LogP contribution in [0.4, 0.5) is 0 Å². The van der Waals surface area contributed by atoms with E-state index in [-0.39, 0.29) is 20.3 Å². The van der Waals surface area contributed by atoms with E-state index in [0.717, 1.165) is 0 Å². The molecule has 0 spiro atoms. The Labute approximate surface area is 97.9 Å². The summed E-state index contributed by atoms with van der Waals surface area (Å²) in [5.41, 5.74) is 0. The van der Waals surface area contributed by atoms with Crippen molar-refractivity contribution in [1.29, 1.82) is 0 Å². The van der Waals surface area contributed by atoms with Crippen molar-refractivity contribution in [3.05, 3.63) is 0 Å². The van der Waals surface area contributed by atoms with E-state index in [1.54, 1.807) is 0 Å². The van der Waals surface area contributed by atoms with Gasteiger partial charge in [-0.3, -0.25) is 4.90 Å². The largest absolute Gasteiger partial charge is 1.00 e. The van der Waals surface area contributed by atoms with Crippen LogP contribution >= 0.6 is 0 Å². The molecule has 0 aromatic carbocycles. The van der Waals surface area contributed by atoms with Gasteiger partial charge in [0.05, 0.1) is 0 Å². The molecule has 0 heterocycles. The summed E-state index contributed by atoms with van der Waals surface area (Å²) < 4.78 is 0. The van der Waals surface area contributed by atoms with Crippen molar-refractivity contribution in [3.8, 4) is 0 Å². The minimum atomic E-state index is 0. The van der Waals surface area contributed by atoms with Gasteiger partial charge in [-0.25, -0.2) is 0 Å². The monoisotopic (exact) mass is 179 g/mol. The summed E-state index contributed by atoms with van der Waals surface area (Å²) in [6.07, 6.45) is 4.05. The van der Waals surface area contributed by atoms with E-state index in [1.807, 2.05) is 0 Å². The molecule has 0 aromatic rings. The predicted octanol–water partition coefficient (Wildman–Crippen LogP) is 0.412. The molecule has 0 aromatic heterocycles. The number of hydrogen-bond acceptors (Lipinski definition) is 1. The molecule has 0 unspecified atom stereocenters. The summed E-state index contributed by atoms with van der Waals surface area (Å²) >= 11 is 0. The quantitative estimate of drug-likeness (QED) is 0.422. The first-order valence-corrected chi connectivity index (χ1v) is 5.35. The van der Waals surface area contributed by atoms with Crippen molar-refractivity contribution < 1.29 is 20.3 Å². The van der Waals surface area contributed by atoms with Crippen LogP contribution in [0.2, 0.25) is 0 Å². The molecule has 0 saturated carbocycles. The Kier molecular flexibility index (Phi) is 11.2. The van der Waals surface area contributed by atoms with Gasteiger partial charge in [-0.05, 0) is 40.7 Å². The summed E-state index contributed by atoms with van der Waals surface area (Å²) in [7, 11) is 0. The molecule has 0 fully saturated rings. The van der Waals surface area contributed by atoms with Gasteiger partial charge in [-0.1, -0.05) is 19.8 Å². The minimum Gasteiger partial charge on any atom is -1.00 e. The first kappa shape index (κ1) is 16.0. The maximum atomic E-state index is 2.57. The fourth-order valence-corrected chi connectivity index (χ4v) is 1.66. The van der Waals surface area contributed by atoms with Gasteiger partial charge in [0.1, 0.15) is 0 Å². The summed E-state index contributed by atoms with van der Waals surface area (Å²) in [6.45, 7) is 12.7. The van der Waals surface area contributed by atoms with Crippen molar-refractivity contribution >= 4 is 0 Å². The van der Waals surface area contributed by atoms with Crippen molar-refractivity contribution in [2.24, 2.45) is 0 Å². The van der Waals surface area contributed by atoms with E-state index in [2.05, 4.69) is 39.5 Å². The van der Waals surface area contributed by atoms with Crippen molar-refractivity contribution in [2.45, 2.75) is 66.0 Å². The molecule has 0 aliphatic heterocycles. The van der Waals surface area contributed by atoms with Crippen LogP contribution in [0.1, 0.15) is 55.3 Å². The van der Waals surface area contributed by atoms with Gasteiger partial charge >= 0.3 is 18.9 Å². The summed E-state index contributed by atoms with van der Waals surface area (Å²) in [5, 5.41) is 0. The molecule has 0 aliphatic rings. The van der Waals surface area contributed by atoms with Crippen LogP contribution in [-0.4, -0.2) is 23.5 Å². The molecule has 0 radical (unpaired) electrons. The summed E-state index contributed by atoms with van der Waals surface area (Å²) in [6, 6.07) is 1.39. The zero-order valence-electron chi connectivity index (χ0n) is 11.4. The van der Waals surface area contributed by atoms with Gasteiger partial charge in [0.2, 0.25) is 0 Å². The first-order chi connectivity index (χ1) is 5.59. The van der Waals surface area contributed by atoms with E-state index in [1.165, 1.54) is 25.8 Å². The van der Waals surface area contributed by atoms with Crippen LogP contribution in [0.15, 0.2) is 0 Å². The van der Waals surface area contributed by atoms with Crippen LogP contribution in [0, 0.1) is 0 Å². The van der Waals surface area contributed by atoms with Crippen LogP contribution in [0.3, 0.4) is 0 Å². The van der Waals surface area contributed by atoms with E-state index in [0.29, 0.717) is 12.1 Å². The van der Waals surface area contributed by atoms with E-state index in [4.69, 9.17) is 0 Å². The molecule has 76 valence electrons. The number of nitrogens with zero attached hydrogens (tertiary/aromatic N) is 1. The van der Waals surface area contributed by atoms with E-state index in [9.17, 15) is 0 Å². The molecule has 1 nitrogen and oxygen atoms in total. The topological polar surface area (TPSA) is 3.24 Å². The molecule has 0 atom stereocenters. The molecule has 0 amide bonds. The van der Waals surface area contributed by atoms with Crippen LogP contribution in [0.5, 0.6) is 0 Å². The Morgan fingerprint density at radius 3 is 1.77 bits per heavy atom. The zero-order chi connectivity index (χ0) is 9.56. The number of hydrogen-bond donors (Lipinski definition) is 0. The molecular weight excluding hydrogens is 153 g/mol. The summed E-state index contributed by atoms with van der Waals surface area (Å²) in [4.78, 5) is 2.57. The van der Waals surface area contributed by atoms with Gasteiger partial charge in [0.15, 0.2) is 0 Å². The fourth-order valence-electron chi connectivity index (χ4n) is 1.66. The van der Waals surface area contributed by atoms with Gasteiger partial charge in [0.25, 0.3) is 0 Å². The maximum Gasteiger partial charge on any atom is 1.00 e. The number of unbranched alkanes of at least 4 members (excludes halogenated alkanes) is 2.